The molecule has 0 aliphatic carbocycles. The van der Waals surface area contributed by atoms with Gasteiger partial charge in [0.1, 0.15) is 0 Å². The smallest absolute Gasteiger partial charge is 0.227 e. The summed E-state index contributed by atoms with van der Waals surface area (Å²) < 4.78 is 0. The highest BCUT2D eigenvalue weighted by Crippen LogP contribution is 2.30. The van der Waals surface area contributed by atoms with Crippen LogP contribution >= 0.6 is 0 Å². The Labute approximate surface area is 166 Å². The molecule has 1 aliphatic heterocycles. The summed E-state index contributed by atoms with van der Waals surface area (Å²) >= 11 is 0. The maximum Gasteiger partial charge on any atom is 0.227 e. The van der Waals surface area contributed by atoms with Crippen molar-refractivity contribution in [2.45, 2.75) is 33.7 Å². The van der Waals surface area contributed by atoms with E-state index in [2.05, 4.69) is 41.2 Å². The van der Waals surface area contributed by atoms with E-state index in [1.54, 1.807) is 11.1 Å². The molecule has 1 aromatic carbocycles. The Kier molecular flexibility index (Phi) is 6.29. The highest BCUT2D eigenvalue weighted by Gasteiger charge is 2.35. The minimum absolute atomic E-state index is 0.00308. The van der Waals surface area contributed by atoms with Crippen LogP contribution in [-0.4, -0.2) is 36.4 Å². The van der Waals surface area contributed by atoms with Crippen molar-refractivity contribution in [2.75, 3.05) is 29.4 Å². The number of nitrogens with zero attached hydrogens (tertiary/aromatic N) is 3. The Morgan fingerprint density at radius 3 is 2.68 bits per heavy atom. The largest absolute Gasteiger partial charge is 0.372 e. The van der Waals surface area contributed by atoms with Gasteiger partial charge in [-0.25, -0.2) is 0 Å². The quantitative estimate of drug-likeness (QED) is 0.802. The van der Waals surface area contributed by atoms with Crippen LogP contribution < -0.4 is 15.1 Å². The Morgan fingerprint density at radius 1 is 1.25 bits per heavy atom. The molecule has 1 saturated heterocycles. The van der Waals surface area contributed by atoms with Gasteiger partial charge in [-0.15, -0.1) is 0 Å². The first kappa shape index (κ1) is 19.9. The van der Waals surface area contributed by atoms with Gasteiger partial charge in [-0.05, 0) is 56.7 Å². The molecule has 0 spiro atoms. The van der Waals surface area contributed by atoms with Crippen molar-refractivity contribution in [2.24, 2.45) is 5.92 Å². The van der Waals surface area contributed by atoms with Crippen molar-refractivity contribution in [3.63, 3.8) is 0 Å². The van der Waals surface area contributed by atoms with E-state index in [4.69, 9.17) is 0 Å². The van der Waals surface area contributed by atoms with Crippen LogP contribution in [0.15, 0.2) is 42.6 Å². The van der Waals surface area contributed by atoms with E-state index in [1.807, 2.05) is 31.2 Å². The molecule has 2 amide bonds. The fraction of sp³-hybridized carbons (Fsp3) is 0.409. The number of nitrogens with one attached hydrogen (secondary N) is 1. The first-order chi connectivity index (χ1) is 13.5. The second kappa shape index (κ2) is 8.87. The second-order valence-electron chi connectivity index (χ2n) is 7.09. The van der Waals surface area contributed by atoms with Crippen molar-refractivity contribution in [1.29, 1.82) is 0 Å². The highest BCUT2D eigenvalue weighted by atomic mass is 16.2. The Bertz CT molecular complexity index is 834. The highest BCUT2D eigenvalue weighted by molar-refractivity contribution is 6.01. The van der Waals surface area contributed by atoms with Gasteiger partial charge in [0.25, 0.3) is 0 Å². The SMILES string of the molecule is CCN(CC)c1ccc(N2CC(C(=O)NCc3ccccn3)CC2=O)c(C)c1. The second-order valence-corrected chi connectivity index (χ2v) is 7.09. The zero-order valence-electron chi connectivity index (χ0n) is 16.8. The Balaban J connectivity index is 1.66. The fourth-order valence-corrected chi connectivity index (χ4v) is 3.67. The summed E-state index contributed by atoms with van der Waals surface area (Å²) in [5.74, 6) is -0.436. The minimum Gasteiger partial charge on any atom is -0.372 e. The van der Waals surface area contributed by atoms with Crippen molar-refractivity contribution in [3.05, 3.63) is 53.9 Å². The predicted octanol–water partition coefficient (Wildman–Crippen LogP) is 2.91. The monoisotopic (exact) mass is 380 g/mol. The summed E-state index contributed by atoms with van der Waals surface area (Å²) in [7, 11) is 0. The van der Waals surface area contributed by atoms with Gasteiger partial charge in [-0.1, -0.05) is 6.07 Å². The van der Waals surface area contributed by atoms with Crippen LogP contribution in [0.1, 0.15) is 31.5 Å². The van der Waals surface area contributed by atoms with Gasteiger partial charge in [0, 0.05) is 43.6 Å². The van der Waals surface area contributed by atoms with Gasteiger partial charge in [-0.3, -0.25) is 14.6 Å². The summed E-state index contributed by atoms with van der Waals surface area (Å²) in [6.45, 7) is 8.95. The Morgan fingerprint density at radius 2 is 2.04 bits per heavy atom. The molecular formula is C22H28N4O2. The van der Waals surface area contributed by atoms with E-state index in [-0.39, 0.29) is 24.2 Å². The molecule has 3 rings (SSSR count). The van der Waals surface area contributed by atoms with Crippen LogP contribution in [-0.2, 0) is 16.1 Å². The molecule has 1 N–H and O–H groups in total. The van der Waals surface area contributed by atoms with E-state index in [9.17, 15) is 9.59 Å². The fourth-order valence-electron chi connectivity index (χ4n) is 3.67. The summed E-state index contributed by atoms with van der Waals surface area (Å²) in [5.41, 5.74) is 3.90. The third kappa shape index (κ3) is 4.32. The maximum absolute atomic E-state index is 12.6. The number of carbonyl (C=O) groups excluding carboxylic acids is 2. The normalized spacial score (nSPS) is 16.3. The molecule has 1 unspecified atom stereocenters. The molecule has 1 aliphatic rings. The molecule has 2 aromatic rings. The molecule has 1 aromatic heterocycles. The van der Waals surface area contributed by atoms with Crippen LogP contribution in [0, 0.1) is 12.8 Å². The third-order valence-corrected chi connectivity index (χ3v) is 5.27. The van der Waals surface area contributed by atoms with Crippen LogP contribution in [0.3, 0.4) is 0 Å². The number of aromatic nitrogens is 1. The number of benzene rings is 1. The molecule has 1 atom stereocenters. The standard InChI is InChI=1S/C22H28N4O2/c1-4-25(5-2)19-9-10-20(16(3)12-19)26-15-17(13-21(26)27)22(28)24-14-18-8-6-7-11-23-18/h6-12,17H,4-5,13-15H2,1-3H3,(H,24,28). The van der Waals surface area contributed by atoms with Crippen molar-refractivity contribution in [3.8, 4) is 0 Å². The van der Waals surface area contributed by atoms with E-state index < -0.39 is 0 Å². The molecule has 2 heterocycles. The number of hydrogen-bond donors (Lipinski definition) is 1. The number of aryl methyl sites for hydroxylation is 1. The lowest BCUT2D eigenvalue weighted by Crippen LogP contribution is -2.33. The van der Waals surface area contributed by atoms with Crippen molar-refractivity contribution >= 4 is 23.2 Å². The molecule has 0 bridgehead atoms. The molecule has 148 valence electrons. The van der Waals surface area contributed by atoms with Crippen LogP contribution in [0.25, 0.3) is 0 Å². The van der Waals surface area contributed by atoms with E-state index in [0.717, 1.165) is 35.7 Å². The van der Waals surface area contributed by atoms with Gasteiger partial charge in [-0.2, -0.15) is 0 Å². The van der Waals surface area contributed by atoms with Gasteiger partial charge in [0.2, 0.25) is 11.8 Å². The van der Waals surface area contributed by atoms with Gasteiger partial charge >= 0.3 is 0 Å². The van der Waals surface area contributed by atoms with E-state index in [1.165, 1.54) is 0 Å². The number of anilines is 2. The van der Waals surface area contributed by atoms with Crippen LogP contribution in [0.2, 0.25) is 0 Å². The lowest BCUT2D eigenvalue weighted by molar-refractivity contribution is -0.126. The average molecular weight is 380 g/mol. The summed E-state index contributed by atoms with van der Waals surface area (Å²) in [5, 5.41) is 2.90. The van der Waals surface area contributed by atoms with Crippen molar-refractivity contribution in [1.82, 2.24) is 10.3 Å². The number of carbonyl (C=O) groups is 2. The number of pyridine rings is 1. The average Bonchev–Trinajstić information content (AvgIpc) is 3.09. The summed E-state index contributed by atoms with van der Waals surface area (Å²) in [6, 6.07) is 11.8. The molecule has 6 nitrogen and oxygen atoms in total. The van der Waals surface area contributed by atoms with Crippen LogP contribution in [0.4, 0.5) is 11.4 Å². The molecule has 1 fully saturated rings. The number of rotatable bonds is 7. The zero-order chi connectivity index (χ0) is 20.1. The Hall–Kier alpha value is -2.89. The first-order valence-corrected chi connectivity index (χ1v) is 9.87. The molecule has 28 heavy (non-hydrogen) atoms. The minimum atomic E-state index is -0.335. The summed E-state index contributed by atoms with van der Waals surface area (Å²) in [6.07, 6.45) is 1.94. The van der Waals surface area contributed by atoms with Gasteiger partial charge < -0.3 is 15.1 Å². The van der Waals surface area contributed by atoms with E-state index >= 15 is 0 Å². The zero-order valence-corrected chi connectivity index (χ0v) is 16.8. The van der Waals surface area contributed by atoms with Crippen molar-refractivity contribution < 1.29 is 9.59 Å². The molecule has 6 heteroatoms. The third-order valence-electron chi connectivity index (χ3n) is 5.27. The van der Waals surface area contributed by atoms with Gasteiger partial charge in [0.15, 0.2) is 0 Å². The lowest BCUT2D eigenvalue weighted by atomic mass is 10.1. The maximum atomic E-state index is 12.6. The first-order valence-electron chi connectivity index (χ1n) is 9.87. The predicted molar refractivity (Wildman–Crippen MR) is 111 cm³/mol. The topological polar surface area (TPSA) is 65.5 Å². The number of hydrogen-bond acceptors (Lipinski definition) is 4. The molecule has 0 radical (unpaired) electrons. The van der Waals surface area contributed by atoms with Crippen LogP contribution in [0.5, 0.6) is 0 Å². The number of amides is 2. The van der Waals surface area contributed by atoms with E-state index in [0.29, 0.717) is 13.1 Å². The summed E-state index contributed by atoms with van der Waals surface area (Å²) in [4.78, 5) is 33.3. The van der Waals surface area contributed by atoms with Gasteiger partial charge in [0.05, 0.1) is 18.2 Å². The molecule has 0 saturated carbocycles. The lowest BCUT2D eigenvalue weighted by Gasteiger charge is -2.24. The molecular weight excluding hydrogens is 352 g/mol.